The Bertz CT molecular complexity index is 911. The van der Waals surface area contributed by atoms with E-state index >= 15 is 0 Å². The molecule has 11 heteroatoms. The van der Waals surface area contributed by atoms with Crippen LogP contribution in [0, 0.1) is 0 Å². The van der Waals surface area contributed by atoms with Gasteiger partial charge >= 0.3 is 6.18 Å². The van der Waals surface area contributed by atoms with Crippen LogP contribution in [0.5, 0.6) is 11.6 Å². The molecule has 162 valence electrons. The number of halogens is 4. The zero-order chi connectivity index (χ0) is 21.3. The Kier molecular flexibility index (Phi) is 5.79. The molecule has 0 unspecified atom stereocenters. The van der Waals surface area contributed by atoms with Gasteiger partial charge in [0.2, 0.25) is 5.88 Å². The van der Waals surface area contributed by atoms with E-state index in [4.69, 9.17) is 21.1 Å². The van der Waals surface area contributed by atoms with Crippen molar-refractivity contribution in [3.63, 3.8) is 0 Å². The molecule has 2 aliphatic heterocycles. The topological polar surface area (TPSA) is 77.4 Å². The highest BCUT2D eigenvalue weighted by Crippen LogP contribution is 2.28. The van der Waals surface area contributed by atoms with Crippen molar-refractivity contribution in [1.29, 1.82) is 0 Å². The molecule has 0 aliphatic carbocycles. The predicted octanol–water partition coefficient (Wildman–Crippen LogP) is 2.57. The molecular formula is C19H20ClF3N4O3. The average molecular weight is 445 g/mol. The molecule has 1 aromatic carbocycles. The molecule has 7 nitrogen and oxygen atoms in total. The summed E-state index contributed by atoms with van der Waals surface area (Å²) in [5.41, 5.74) is 1.15. The van der Waals surface area contributed by atoms with Gasteiger partial charge < -0.3 is 20.1 Å². The summed E-state index contributed by atoms with van der Waals surface area (Å²) in [7, 11) is 0. The second kappa shape index (κ2) is 8.35. The molecule has 2 aliphatic rings. The second-order valence-electron chi connectivity index (χ2n) is 7.31. The first-order chi connectivity index (χ1) is 14.3. The summed E-state index contributed by atoms with van der Waals surface area (Å²) in [5.74, 6) is 0.844. The summed E-state index contributed by atoms with van der Waals surface area (Å²) in [6.45, 7) is -0.127. The number of aromatic nitrogens is 2. The number of nitrogens with one attached hydrogen (secondary N) is 2. The lowest BCUT2D eigenvalue weighted by molar-refractivity contribution is -0.124. The maximum atomic E-state index is 12.5. The van der Waals surface area contributed by atoms with E-state index in [0.717, 1.165) is 11.3 Å². The van der Waals surface area contributed by atoms with Crippen LogP contribution in [0.4, 0.5) is 13.2 Å². The minimum absolute atomic E-state index is 0.176. The Morgan fingerprint density at radius 2 is 2.17 bits per heavy atom. The molecule has 1 aromatic heterocycles. The van der Waals surface area contributed by atoms with Crippen LogP contribution in [-0.2, 0) is 13.0 Å². The predicted molar refractivity (Wildman–Crippen MR) is 102 cm³/mol. The van der Waals surface area contributed by atoms with Crippen LogP contribution in [0.2, 0.25) is 5.02 Å². The number of amides is 1. The fourth-order valence-electron chi connectivity index (χ4n) is 3.50. The van der Waals surface area contributed by atoms with Crippen LogP contribution in [0.3, 0.4) is 0 Å². The van der Waals surface area contributed by atoms with E-state index in [0.29, 0.717) is 36.9 Å². The molecule has 30 heavy (non-hydrogen) atoms. The molecule has 1 amide bonds. The van der Waals surface area contributed by atoms with Crippen LogP contribution in [0.15, 0.2) is 24.3 Å². The van der Waals surface area contributed by atoms with Crippen LogP contribution >= 0.6 is 11.6 Å². The van der Waals surface area contributed by atoms with E-state index in [1.807, 2.05) is 12.1 Å². The van der Waals surface area contributed by atoms with E-state index < -0.39 is 12.7 Å². The van der Waals surface area contributed by atoms with Crippen molar-refractivity contribution in [3.8, 4) is 11.6 Å². The minimum atomic E-state index is -4.23. The Morgan fingerprint density at radius 3 is 2.93 bits per heavy atom. The first-order valence-corrected chi connectivity index (χ1v) is 9.89. The third-order valence-corrected chi connectivity index (χ3v) is 5.11. The monoisotopic (exact) mass is 444 g/mol. The zero-order valence-corrected chi connectivity index (χ0v) is 16.6. The Balaban J connectivity index is 1.27. The van der Waals surface area contributed by atoms with Crippen molar-refractivity contribution < 1.29 is 27.4 Å². The SMILES string of the molecule is O=C(N[C@H]1COc2ccc(Cl)cc2C1)c1cc2n(n1)C[C@H](CCNCC(F)(F)F)O2. The van der Waals surface area contributed by atoms with Gasteiger partial charge in [-0.15, -0.1) is 0 Å². The van der Waals surface area contributed by atoms with Crippen LogP contribution in [0.1, 0.15) is 22.5 Å². The molecule has 4 rings (SSSR count). The summed E-state index contributed by atoms with van der Waals surface area (Å²) in [4.78, 5) is 12.5. The van der Waals surface area contributed by atoms with Gasteiger partial charge in [-0.2, -0.15) is 18.3 Å². The minimum Gasteiger partial charge on any atom is -0.491 e. The maximum absolute atomic E-state index is 12.5. The van der Waals surface area contributed by atoms with Gasteiger partial charge in [0.1, 0.15) is 18.5 Å². The van der Waals surface area contributed by atoms with E-state index in [9.17, 15) is 18.0 Å². The van der Waals surface area contributed by atoms with Crippen molar-refractivity contribution in [3.05, 3.63) is 40.5 Å². The fraction of sp³-hybridized carbons (Fsp3) is 0.474. The van der Waals surface area contributed by atoms with E-state index in [1.54, 1.807) is 10.7 Å². The van der Waals surface area contributed by atoms with Gasteiger partial charge in [-0.3, -0.25) is 4.79 Å². The lowest BCUT2D eigenvalue weighted by Gasteiger charge is -2.26. The molecular weight excluding hydrogens is 425 g/mol. The van der Waals surface area contributed by atoms with Gasteiger partial charge in [-0.25, -0.2) is 4.68 Å². The smallest absolute Gasteiger partial charge is 0.401 e. The van der Waals surface area contributed by atoms with Crippen LogP contribution in [-0.4, -0.2) is 53.7 Å². The average Bonchev–Trinajstić information content (AvgIpc) is 3.23. The molecule has 0 bridgehead atoms. The highest BCUT2D eigenvalue weighted by atomic mass is 35.5. The van der Waals surface area contributed by atoms with Gasteiger partial charge in [-0.05, 0) is 43.1 Å². The number of alkyl halides is 3. The number of carbonyl (C=O) groups excluding carboxylic acids is 1. The van der Waals surface area contributed by atoms with Gasteiger partial charge in [0.05, 0.1) is 19.1 Å². The van der Waals surface area contributed by atoms with Crippen LogP contribution < -0.4 is 20.1 Å². The highest BCUT2D eigenvalue weighted by molar-refractivity contribution is 6.30. The standard InChI is InChI=1S/C19H20ClF3N4O3/c20-12-1-2-16-11(5-12)6-13(9-29-16)25-18(28)15-7-17-27(26-15)8-14(30-17)3-4-24-10-19(21,22)23/h1-2,5,7,13-14,24H,3-4,6,8-10H2,(H,25,28)/t13-,14+/m1/s1. The maximum Gasteiger partial charge on any atom is 0.401 e. The third-order valence-electron chi connectivity index (χ3n) is 4.87. The van der Waals surface area contributed by atoms with Crippen molar-refractivity contribution in [2.45, 2.75) is 37.7 Å². The highest BCUT2D eigenvalue weighted by Gasteiger charge is 2.29. The number of benzene rings is 1. The lowest BCUT2D eigenvalue weighted by atomic mass is 10.0. The third kappa shape index (κ3) is 4.99. The fourth-order valence-corrected chi connectivity index (χ4v) is 3.69. The van der Waals surface area contributed by atoms with Gasteiger partial charge in [0, 0.05) is 11.1 Å². The van der Waals surface area contributed by atoms with Crippen LogP contribution in [0.25, 0.3) is 0 Å². The molecule has 2 aromatic rings. The number of hydrogen-bond acceptors (Lipinski definition) is 5. The lowest BCUT2D eigenvalue weighted by Crippen LogP contribution is -2.43. The zero-order valence-electron chi connectivity index (χ0n) is 15.8. The number of fused-ring (bicyclic) bond motifs is 2. The van der Waals surface area contributed by atoms with Crippen molar-refractivity contribution in [2.75, 3.05) is 19.7 Å². The van der Waals surface area contributed by atoms with Crippen molar-refractivity contribution in [1.82, 2.24) is 20.4 Å². The summed E-state index contributed by atoms with van der Waals surface area (Å²) in [6.07, 6.45) is -3.51. The van der Waals surface area contributed by atoms with E-state index in [2.05, 4.69) is 15.7 Å². The molecule has 2 atom stereocenters. The largest absolute Gasteiger partial charge is 0.491 e. The summed E-state index contributed by atoms with van der Waals surface area (Å²) in [5, 5.41) is 10.1. The quantitative estimate of drug-likeness (QED) is 0.670. The molecule has 0 fully saturated rings. The van der Waals surface area contributed by atoms with Gasteiger partial charge in [-0.1, -0.05) is 11.6 Å². The number of rotatable bonds is 6. The molecule has 3 heterocycles. The number of hydrogen-bond donors (Lipinski definition) is 2. The summed E-state index contributed by atoms with van der Waals surface area (Å²) in [6, 6.07) is 6.70. The number of ether oxygens (including phenoxy) is 2. The van der Waals surface area contributed by atoms with E-state index in [1.165, 1.54) is 6.07 Å². The normalized spacial score (nSPS) is 20.1. The van der Waals surface area contributed by atoms with Gasteiger partial charge in [0.15, 0.2) is 5.69 Å². The molecule has 0 saturated carbocycles. The molecule has 0 radical (unpaired) electrons. The molecule has 0 saturated heterocycles. The van der Waals surface area contributed by atoms with Crippen molar-refractivity contribution >= 4 is 17.5 Å². The van der Waals surface area contributed by atoms with E-state index in [-0.39, 0.29) is 30.3 Å². The Morgan fingerprint density at radius 1 is 1.33 bits per heavy atom. The first kappa shape index (κ1) is 20.8. The molecule has 0 spiro atoms. The second-order valence-corrected chi connectivity index (χ2v) is 7.74. The summed E-state index contributed by atoms with van der Waals surface area (Å²) < 4.78 is 49.3. The summed E-state index contributed by atoms with van der Waals surface area (Å²) >= 11 is 6.02. The Labute approximate surface area is 175 Å². The number of carbonyl (C=O) groups is 1. The first-order valence-electron chi connectivity index (χ1n) is 9.51. The Hall–Kier alpha value is -2.46. The van der Waals surface area contributed by atoms with Crippen molar-refractivity contribution in [2.24, 2.45) is 0 Å². The van der Waals surface area contributed by atoms with Gasteiger partial charge in [0.25, 0.3) is 5.91 Å². The molecule has 2 N–H and O–H groups in total. The number of nitrogens with zero attached hydrogens (tertiary/aromatic N) is 2.